The standard InChI is InChI=1S/C13H14ClNO2/c1-8(14)13(16)15-9(2)12-7-10-5-3-4-6-11(10)17-12/h3-9H,1-2H3,(H,15,16)/t8-,9+/m0/s1. The van der Waals surface area contributed by atoms with E-state index in [4.69, 9.17) is 16.0 Å². The largest absolute Gasteiger partial charge is 0.459 e. The number of benzene rings is 1. The van der Waals surface area contributed by atoms with E-state index in [0.717, 1.165) is 16.7 Å². The second-order valence-electron chi connectivity index (χ2n) is 4.03. The molecule has 3 nitrogen and oxygen atoms in total. The molecule has 0 aliphatic heterocycles. The average Bonchev–Trinajstić information content (AvgIpc) is 2.72. The molecule has 0 radical (unpaired) electrons. The average molecular weight is 252 g/mol. The summed E-state index contributed by atoms with van der Waals surface area (Å²) in [5.41, 5.74) is 0.822. The van der Waals surface area contributed by atoms with Gasteiger partial charge in [0.15, 0.2) is 0 Å². The molecule has 2 atom stereocenters. The van der Waals surface area contributed by atoms with Crippen LogP contribution in [0.5, 0.6) is 0 Å². The highest BCUT2D eigenvalue weighted by Crippen LogP contribution is 2.23. The van der Waals surface area contributed by atoms with Crippen molar-refractivity contribution >= 4 is 28.5 Å². The van der Waals surface area contributed by atoms with Gasteiger partial charge in [0.25, 0.3) is 0 Å². The summed E-state index contributed by atoms with van der Waals surface area (Å²) in [6.07, 6.45) is 0. The van der Waals surface area contributed by atoms with Gasteiger partial charge in [-0.1, -0.05) is 18.2 Å². The smallest absolute Gasteiger partial charge is 0.238 e. The molecule has 2 rings (SSSR count). The van der Waals surface area contributed by atoms with Crippen molar-refractivity contribution < 1.29 is 9.21 Å². The maximum absolute atomic E-state index is 11.5. The molecule has 17 heavy (non-hydrogen) atoms. The third kappa shape index (κ3) is 2.61. The lowest BCUT2D eigenvalue weighted by molar-refractivity contribution is -0.121. The Morgan fingerprint density at radius 3 is 2.71 bits per heavy atom. The van der Waals surface area contributed by atoms with Crippen molar-refractivity contribution in [2.45, 2.75) is 25.3 Å². The Morgan fingerprint density at radius 2 is 2.06 bits per heavy atom. The third-order valence-electron chi connectivity index (χ3n) is 2.59. The van der Waals surface area contributed by atoms with E-state index in [1.165, 1.54) is 0 Å². The van der Waals surface area contributed by atoms with Crippen molar-refractivity contribution in [3.05, 3.63) is 36.1 Å². The number of furan rings is 1. The predicted molar refractivity (Wildman–Crippen MR) is 68.1 cm³/mol. The van der Waals surface area contributed by atoms with Gasteiger partial charge in [-0.05, 0) is 26.0 Å². The van der Waals surface area contributed by atoms with Gasteiger partial charge in [-0.15, -0.1) is 11.6 Å². The molecule has 0 bridgehead atoms. The van der Waals surface area contributed by atoms with Crippen LogP contribution in [-0.2, 0) is 4.79 Å². The van der Waals surface area contributed by atoms with E-state index in [2.05, 4.69) is 5.32 Å². The molecule has 1 amide bonds. The SMILES string of the molecule is C[C@H](Cl)C(=O)N[C@H](C)c1cc2ccccc2o1. The van der Waals surface area contributed by atoms with E-state index in [1.807, 2.05) is 37.3 Å². The molecule has 1 aromatic carbocycles. The molecule has 0 fully saturated rings. The van der Waals surface area contributed by atoms with Crippen LogP contribution in [0, 0.1) is 0 Å². The number of halogens is 1. The summed E-state index contributed by atoms with van der Waals surface area (Å²) in [6.45, 7) is 3.51. The van der Waals surface area contributed by atoms with Crippen LogP contribution in [0.3, 0.4) is 0 Å². The molecule has 0 aliphatic carbocycles. The minimum atomic E-state index is -0.540. The van der Waals surface area contributed by atoms with E-state index >= 15 is 0 Å². The molecule has 90 valence electrons. The highest BCUT2D eigenvalue weighted by molar-refractivity contribution is 6.30. The van der Waals surface area contributed by atoms with Gasteiger partial charge in [-0.25, -0.2) is 0 Å². The van der Waals surface area contributed by atoms with Crippen molar-refractivity contribution in [3.63, 3.8) is 0 Å². The maximum Gasteiger partial charge on any atom is 0.238 e. The number of carbonyl (C=O) groups is 1. The molecule has 1 heterocycles. The Balaban J connectivity index is 2.19. The van der Waals surface area contributed by atoms with Gasteiger partial charge >= 0.3 is 0 Å². The quantitative estimate of drug-likeness (QED) is 0.851. The number of nitrogens with one attached hydrogen (secondary N) is 1. The molecule has 4 heteroatoms. The summed E-state index contributed by atoms with van der Waals surface area (Å²) in [5.74, 6) is 0.538. The molecule has 0 unspecified atom stereocenters. The van der Waals surface area contributed by atoms with Crippen LogP contribution in [0.15, 0.2) is 34.7 Å². The Hall–Kier alpha value is -1.48. The summed E-state index contributed by atoms with van der Waals surface area (Å²) in [5, 5.41) is 3.28. The Morgan fingerprint density at radius 1 is 1.35 bits per heavy atom. The number of para-hydroxylation sites is 1. The minimum Gasteiger partial charge on any atom is -0.459 e. The number of alkyl halides is 1. The summed E-state index contributed by atoms with van der Waals surface area (Å²) >= 11 is 5.70. The van der Waals surface area contributed by atoms with E-state index in [-0.39, 0.29) is 11.9 Å². The fraction of sp³-hybridized carbons (Fsp3) is 0.308. The van der Waals surface area contributed by atoms with Crippen molar-refractivity contribution in [1.82, 2.24) is 5.32 Å². The Labute approximate surface area is 105 Å². The summed E-state index contributed by atoms with van der Waals surface area (Å²) in [7, 11) is 0. The molecule has 1 N–H and O–H groups in total. The summed E-state index contributed by atoms with van der Waals surface area (Å²) < 4.78 is 5.65. The highest BCUT2D eigenvalue weighted by Gasteiger charge is 2.16. The molecule has 1 aromatic heterocycles. The number of amides is 1. The predicted octanol–water partition coefficient (Wildman–Crippen LogP) is 3.24. The van der Waals surface area contributed by atoms with Crippen molar-refractivity contribution in [2.24, 2.45) is 0 Å². The first-order valence-electron chi connectivity index (χ1n) is 5.51. The van der Waals surface area contributed by atoms with Gasteiger partial charge < -0.3 is 9.73 Å². The number of fused-ring (bicyclic) bond motifs is 1. The first kappa shape index (κ1) is 12.0. The number of carbonyl (C=O) groups excluding carboxylic acids is 1. The van der Waals surface area contributed by atoms with Gasteiger partial charge in [-0.2, -0.15) is 0 Å². The van der Waals surface area contributed by atoms with Gasteiger partial charge in [-0.3, -0.25) is 4.79 Å². The molecule has 2 aromatic rings. The number of hydrogen-bond acceptors (Lipinski definition) is 2. The molecule has 0 spiro atoms. The first-order valence-corrected chi connectivity index (χ1v) is 5.94. The highest BCUT2D eigenvalue weighted by atomic mass is 35.5. The van der Waals surface area contributed by atoms with E-state index in [9.17, 15) is 4.79 Å². The first-order chi connectivity index (χ1) is 8.08. The lowest BCUT2D eigenvalue weighted by Gasteiger charge is -2.12. The lowest BCUT2D eigenvalue weighted by Crippen LogP contribution is -2.31. The van der Waals surface area contributed by atoms with E-state index in [0.29, 0.717) is 0 Å². The Kier molecular flexibility index (Phi) is 3.38. The number of hydrogen-bond donors (Lipinski definition) is 1. The van der Waals surface area contributed by atoms with Gasteiger partial charge in [0.2, 0.25) is 5.91 Å². The lowest BCUT2D eigenvalue weighted by atomic mass is 10.2. The van der Waals surface area contributed by atoms with Gasteiger partial charge in [0.1, 0.15) is 16.7 Å². The van der Waals surface area contributed by atoms with Gasteiger partial charge in [0.05, 0.1) is 6.04 Å². The fourth-order valence-electron chi connectivity index (χ4n) is 1.62. The van der Waals surface area contributed by atoms with Crippen LogP contribution >= 0.6 is 11.6 Å². The zero-order valence-electron chi connectivity index (χ0n) is 9.74. The maximum atomic E-state index is 11.5. The Bertz CT molecular complexity index is 500. The molecular formula is C13H14ClNO2. The zero-order chi connectivity index (χ0) is 12.4. The zero-order valence-corrected chi connectivity index (χ0v) is 10.5. The van der Waals surface area contributed by atoms with Crippen LogP contribution in [0.2, 0.25) is 0 Å². The van der Waals surface area contributed by atoms with Crippen molar-refractivity contribution in [3.8, 4) is 0 Å². The minimum absolute atomic E-state index is 0.184. The van der Waals surface area contributed by atoms with Crippen molar-refractivity contribution in [1.29, 1.82) is 0 Å². The van der Waals surface area contributed by atoms with Crippen LogP contribution in [-0.4, -0.2) is 11.3 Å². The third-order valence-corrected chi connectivity index (χ3v) is 2.79. The van der Waals surface area contributed by atoms with Crippen LogP contribution in [0.25, 0.3) is 11.0 Å². The van der Waals surface area contributed by atoms with Gasteiger partial charge in [0, 0.05) is 5.39 Å². The molecule has 0 saturated carbocycles. The van der Waals surface area contributed by atoms with E-state index in [1.54, 1.807) is 6.92 Å². The van der Waals surface area contributed by atoms with Crippen LogP contribution in [0.4, 0.5) is 0 Å². The molecule has 0 saturated heterocycles. The van der Waals surface area contributed by atoms with Crippen molar-refractivity contribution in [2.75, 3.05) is 0 Å². The van der Waals surface area contributed by atoms with Crippen LogP contribution < -0.4 is 5.32 Å². The molecule has 0 aliphatic rings. The monoisotopic (exact) mass is 251 g/mol. The summed E-state index contributed by atoms with van der Waals surface area (Å²) in [6, 6.07) is 9.49. The second kappa shape index (κ2) is 4.80. The van der Waals surface area contributed by atoms with E-state index < -0.39 is 5.38 Å². The summed E-state index contributed by atoms with van der Waals surface area (Å²) in [4.78, 5) is 11.5. The van der Waals surface area contributed by atoms with Crippen LogP contribution in [0.1, 0.15) is 25.6 Å². The normalized spacial score (nSPS) is 14.5. The topological polar surface area (TPSA) is 42.2 Å². The number of rotatable bonds is 3. The second-order valence-corrected chi connectivity index (χ2v) is 4.69. The molecular weight excluding hydrogens is 238 g/mol. The fourth-order valence-corrected chi connectivity index (χ4v) is 1.68.